The highest BCUT2D eigenvalue weighted by Crippen LogP contribution is 2.16. The lowest BCUT2D eigenvalue weighted by Crippen LogP contribution is -2.17. The molecule has 0 spiro atoms. The van der Waals surface area contributed by atoms with E-state index in [-0.39, 0.29) is 17.2 Å². The van der Waals surface area contributed by atoms with Crippen molar-refractivity contribution < 1.29 is 19.2 Å². The fraction of sp³-hybridized carbons (Fsp3) is 0. The summed E-state index contributed by atoms with van der Waals surface area (Å²) >= 11 is 5.78. The van der Waals surface area contributed by atoms with Gasteiger partial charge in [0.15, 0.2) is 0 Å². The van der Waals surface area contributed by atoms with E-state index in [1.165, 1.54) is 30.5 Å². The summed E-state index contributed by atoms with van der Waals surface area (Å²) in [7, 11) is 0. The summed E-state index contributed by atoms with van der Waals surface area (Å²) in [6.07, 6.45) is 1.44. The number of esters is 1. The van der Waals surface area contributed by atoms with E-state index < -0.39 is 10.9 Å². The molecule has 30 heavy (non-hydrogen) atoms. The van der Waals surface area contributed by atoms with Crippen molar-refractivity contribution in [2.45, 2.75) is 0 Å². The van der Waals surface area contributed by atoms with Crippen LogP contribution >= 0.6 is 11.6 Å². The molecule has 3 rings (SSSR count). The number of nitrogens with zero attached hydrogens (tertiary/aromatic N) is 2. The summed E-state index contributed by atoms with van der Waals surface area (Å²) in [5, 5.41) is 15.1. The van der Waals surface area contributed by atoms with Crippen LogP contribution in [0, 0.1) is 10.1 Å². The number of non-ortho nitro benzene ring substituents is 1. The molecule has 0 aliphatic heterocycles. The third-order valence-corrected chi connectivity index (χ3v) is 4.14. The Morgan fingerprint density at radius 1 is 0.933 bits per heavy atom. The molecule has 1 amide bonds. The number of nitro benzene ring substituents is 1. The minimum Gasteiger partial charge on any atom is -0.423 e. The second-order valence-electron chi connectivity index (χ2n) is 5.97. The standard InChI is InChI=1S/C21H14ClN3O5/c22-17-7-3-15(4-8-17)20(26)24-23-13-14-1-11-19(12-2-14)30-21(27)16-5-9-18(10-6-16)25(28)29/h1-13H,(H,24,26)/b23-13-. The number of hydrogen-bond acceptors (Lipinski definition) is 6. The topological polar surface area (TPSA) is 111 Å². The van der Waals surface area contributed by atoms with E-state index >= 15 is 0 Å². The van der Waals surface area contributed by atoms with Gasteiger partial charge in [0.2, 0.25) is 0 Å². The highest BCUT2D eigenvalue weighted by atomic mass is 35.5. The lowest BCUT2D eigenvalue weighted by Gasteiger charge is -2.04. The Morgan fingerprint density at radius 3 is 2.13 bits per heavy atom. The Hall–Kier alpha value is -4.04. The molecule has 0 heterocycles. The average molecular weight is 424 g/mol. The first-order valence-electron chi connectivity index (χ1n) is 8.58. The fourth-order valence-corrected chi connectivity index (χ4v) is 2.46. The maximum Gasteiger partial charge on any atom is 0.343 e. The van der Waals surface area contributed by atoms with Crippen molar-refractivity contribution in [1.29, 1.82) is 0 Å². The van der Waals surface area contributed by atoms with Gasteiger partial charge >= 0.3 is 5.97 Å². The Morgan fingerprint density at radius 2 is 1.53 bits per heavy atom. The fourth-order valence-electron chi connectivity index (χ4n) is 2.34. The van der Waals surface area contributed by atoms with Crippen LogP contribution in [0.25, 0.3) is 0 Å². The molecule has 0 fully saturated rings. The molecular formula is C21H14ClN3O5. The van der Waals surface area contributed by atoms with Gasteiger partial charge in [0.1, 0.15) is 5.75 Å². The lowest BCUT2D eigenvalue weighted by molar-refractivity contribution is -0.384. The van der Waals surface area contributed by atoms with Crippen molar-refractivity contribution in [3.63, 3.8) is 0 Å². The maximum atomic E-state index is 12.1. The third kappa shape index (κ3) is 5.49. The number of carbonyl (C=O) groups excluding carboxylic acids is 2. The minimum absolute atomic E-state index is 0.113. The Balaban J connectivity index is 1.55. The van der Waals surface area contributed by atoms with Crippen LogP contribution < -0.4 is 10.2 Å². The molecule has 8 nitrogen and oxygen atoms in total. The summed E-state index contributed by atoms with van der Waals surface area (Å²) in [5.74, 6) is -0.723. The first-order chi connectivity index (χ1) is 14.4. The van der Waals surface area contributed by atoms with E-state index in [0.717, 1.165) is 0 Å². The molecule has 0 saturated carbocycles. The van der Waals surface area contributed by atoms with Crippen LogP contribution in [0.4, 0.5) is 5.69 Å². The summed E-state index contributed by atoms with van der Waals surface area (Å²) < 4.78 is 5.23. The molecule has 0 bridgehead atoms. The predicted octanol–water partition coefficient (Wildman–Crippen LogP) is 4.23. The van der Waals surface area contributed by atoms with Crippen LogP contribution in [0.5, 0.6) is 5.75 Å². The normalized spacial score (nSPS) is 10.6. The molecule has 3 aromatic carbocycles. The number of hydrazone groups is 1. The number of nitrogens with one attached hydrogen (secondary N) is 1. The van der Waals surface area contributed by atoms with Gasteiger partial charge in [-0.1, -0.05) is 11.6 Å². The van der Waals surface area contributed by atoms with Gasteiger partial charge in [0.25, 0.3) is 11.6 Å². The van der Waals surface area contributed by atoms with Crippen LogP contribution in [0.2, 0.25) is 5.02 Å². The second kappa shape index (κ2) is 9.44. The summed E-state index contributed by atoms with van der Waals surface area (Å²) in [6.45, 7) is 0. The number of amides is 1. The molecular weight excluding hydrogens is 410 g/mol. The van der Waals surface area contributed by atoms with Crippen LogP contribution in [-0.2, 0) is 0 Å². The zero-order valence-corrected chi connectivity index (χ0v) is 16.1. The van der Waals surface area contributed by atoms with Crippen LogP contribution in [0.3, 0.4) is 0 Å². The van der Waals surface area contributed by atoms with Crippen molar-refractivity contribution in [1.82, 2.24) is 5.43 Å². The number of benzene rings is 3. The van der Waals surface area contributed by atoms with E-state index in [0.29, 0.717) is 21.9 Å². The largest absolute Gasteiger partial charge is 0.423 e. The molecule has 3 aromatic rings. The molecule has 1 N–H and O–H groups in total. The van der Waals surface area contributed by atoms with E-state index in [1.54, 1.807) is 48.5 Å². The number of nitro groups is 1. The molecule has 9 heteroatoms. The number of hydrogen-bond donors (Lipinski definition) is 1. The van der Waals surface area contributed by atoms with Crippen molar-refractivity contribution in [3.8, 4) is 5.75 Å². The molecule has 0 aromatic heterocycles. The van der Waals surface area contributed by atoms with Gasteiger partial charge in [-0.3, -0.25) is 14.9 Å². The first-order valence-corrected chi connectivity index (χ1v) is 8.96. The lowest BCUT2D eigenvalue weighted by atomic mass is 10.2. The summed E-state index contributed by atoms with van der Waals surface area (Å²) in [4.78, 5) is 34.2. The van der Waals surface area contributed by atoms with Gasteiger partial charge in [0, 0.05) is 22.7 Å². The van der Waals surface area contributed by atoms with Gasteiger partial charge < -0.3 is 4.74 Å². The maximum absolute atomic E-state index is 12.1. The highest BCUT2D eigenvalue weighted by molar-refractivity contribution is 6.30. The van der Waals surface area contributed by atoms with Gasteiger partial charge in [-0.25, -0.2) is 10.2 Å². The van der Waals surface area contributed by atoms with Gasteiger partial charge in [-0.2, -0.15) is 5.10 Å². The van der Waals surface area contributed by atoms with E-state index in [2.05, 4.69) is 10.5 Å². The Labute approximate surface area is 175 Å². The van der Waals surface area contributed by atoms with Gasteiger partial charge in [-0.15, -0.1) is 0 Å². The van der Waals surface area contributed by atoms with Crippen molar-refractivity contribution in [2.24, 2.45) is 5.10 Å². The van der Waals surface area contributed by atoms with Crippen LogP contribution in [-0.4, -0.2) is 23.0 Å². The first kappa shape index (κ1) is 20.7. The molecule has 0 atom stereocenters. The molecule has 150 valence electrons. The van der Waals surface area contributed by atoms with E-state index in [4.69, 9.17) is 16.3 Å². The highest BCUT2D eigenvalue weighted by Gasteiger charge is 2.11. The van der Waals surface area contributed by atoms with Gasteiger partial charge in [0.05, 0.1) is 16.7 Å². The summed E-state index contributed by atoms with van der Waals surface area (Å²) in [6, 6.07) is 17.9. The SMILES string of the molecule is O=C(N/N=C\c1ccc(OC(=O)c2ccc([N+](=O)[O-])cc2)cc1)c1ccc(Cl)cc1. The van der Waals surface area contributed by atoms with Crippen LogP contribution in [0.1, 0.15) is 26.3 Å². The molecule has 0 radical (unpaired) electrons. The van der Waals surface area contributed by atoms with Crippen molar-refractivity contribution in [2.75, 3.05) is 0 Å². The summed E-state index contributed by atoms with van der Waals surface area (Å²) in [5.41, 5.74) is 3.57. The van der Waals surface area contributed by atoms with E-state index in [9.17, 15) is 19.7 Å². The number of rotatable bonds is 6. The minimum atomic E-state index is -0.637. The predicted molar refractivity (Wildman–Crippen MR) is 111 cm³/mol. The zero-order valence-electron chi connectivity index (χ0n) is 15.3. The van der Waals surface area contributed by atoms with Crippen LogP contribution in [0.15, 0.2) is 77.9 Å². The molecule has 0 unspecified atom stereocenters. The monoisotopic (exact) mass is 423 g/mol. The third-order valence-electron chi connectivity index (χ3n) is 3.89. The quantitative estimate of drug-likeness (QED) is 0.210. The zero-order chi connectivity index (χ0) is 21.5. The Kier molecular flexibility index (Phi) is 6.51. The van der Waals surface area contributed by atoms with Gasteiger partial charge in [-0.05, 0) is 66.2 Å². The smallest absolute Gasteiger partial charge is 0.343 e. The average Bonchev–Trinajstić information content (AvgIpc) is 2.75. The van der Waals surface area contributed by atoms with E-state index in [1.807, 2.05) is 0 Å². The molecule has 0 aliphatic rings. The second-order valence-corrected chi connectivity index (χ2v) is 6.40. The Bertz CT molecular complexity index is 1090. The van der Waals surface area contributed by atoms with Crippen molar-refractivity contribution in [3.05, 3.63) is 105 Å². The van der Waals surface area contributed by atoms with Crippen molar-refractivity contribution >= 4 is 35.4 Å². The molecule has 0 saturated heterocycles. The number of ether oxygens (including phenoxy) is 1. The number of halogens is 1. The molecule has 0 aliphatic carbocycles. The number of carbonyl (C=O) groups is 2.